The van der Waals surface area contributed by atoms with Gasteiger partial charge in [0.05, 0.1) is 0 Å². The first-order chi connectivity index (χ1) is 11.0. The van der Waals surface area contributed by atoms with Crippen LogP contribution in [0.1, 0.15) is 35.8 Å². The summed E-state index contributed by atoms with van der Waals surface area (Å²) in [6.07, 6.45) is 3.40. The lowest BCUT2D eigenvalue weighted by Gasteiger charge is -2.16. The Morgan fingerprint density at radius 3 is 2.78 bits per heavy atom. The molecule has 2 rings (SSSR count). The molecule has 0 aliphatic rings. The van der Waals surface area contributed by atoms with E-state index in [1.165, 1.54) is 6.33 Å². The Bertz CT molecular complexity index is 690. The summed E-state index contributed by atoms with van der Waals surface area (Å²) < 4.78 is 0. The van der Waals surface area contributed by atoms with Gasteiger partial charge in [0.1, 0.15) is 17.8 Å². The van der Waals surface area contributed by atoms with E-state index in [-0.39, 0.29) is 5.91 Å². The van der Waals surface area contributed by atoms with Crippen LogP contribution >= 0.6 is 11.6 Å². The van der Waals surface area contributed by atoms with Gasteiger partial charge in [0.25, 0.3) is 5.91 Å². The summed E-state index contributed by atoms with van der Waals surface area (Å²) in [7, 11) is 1.78. The number of hydrogen-bond acceptors (Lipinski definition) is 4. The number of aromatic nitrogens is 2. The Morgan fingerprint density at radius 2 is 2.09 bits per heavy atom. The van der Waals surface area contributed by atoms with Crippen molar-refractivity contribution < 1.29 is 4.79 Å². The zero-order valence-electron chi connectivity index (χ0n) is 13.6. The normalized spacial score (nSPS) is 10.4. The van der Waals surface area contributed by atoms with E-state index in [1.54, 1.807) is 18.0 Å². The van der Waals surface area contributed by atoms with E-state index >= 15 is 0 Å². The molecule has 122 valence electrons. The van der Waals surface area contributed by atoms with Crippen molar-refractivity contribution in [1.82, 2.24) is 14.9 Å². The summed E-state index contributed by atoms with van der Waals surface area (Å²) in [4.78, 5) is 22.2. The highest BCUT2D eigenvalue weighted by molar-refractivity contribution is 6.31. The topological polar surface area (TPSA) is 58.1 Å². The Morgan fingerprint density at radius 1 is 1.30 bits per heavy atom. The van der Waals surface area contributed by atoms with Gasteiger partial charge in [-0.05, 0) is 31.0 Å². The van der Waals surface area contributed by atoms with Crippen molar-refractivity contribution in [2.45, 2.75) is 26.7 Å². The van der Waals surface area contributed by atoms with Crippen LogP contribution in [0.4, 0.5) is 11.5 Å². The molecule has 0 radical (unpaired) electrons. The van der Waals surface area contributed by atoms with Crippen LogP contribution in [-0.2, 0) is 0 Å². The summed E-state index contributed by atoms with van der Waals surface area (Å²) in [5.41, 5.74) is 2.20. The molecule has 0 saturated heterocycles. The van der Waals surface area contributed by atoms with Gasteiger partial charge < -0.3 is 10.2 Å². The molecule has 1 aromatic carbocycles. The van der Waals surface area contributed by atoms with Gasteiger partial charge in [0.2, 0.25) is 0 Å². The van der Waals surface area contributed by atoms with Crippen LogP contribution in [0, 0.1) is 6.92 Å². The van der Waals surface area contributed by atoms with E-state index in [2.05, 4.69) is 22.2 Å². The Labute approximate surface area is 141 Å². The number of unbranched alkanes of at least 4 members (excludes halogenated alkanes) is 1. The second-order valence-electron chi connectivity index (χ2n) is 5.46. The third-order valence-electron chi connectivity index (χ3n) is 3.52. The van der Waals surface area contributed by atoms with E-state index in [1.807, 2.05) is 25.1 Å². The molecule has 0 atom stereocenters. The summed E-state index contributed by atoms with van der Waals surface area (Å²) in [5.74, 6) is 0.456. The fraction of sp³-hybridized carbons (Fsp3) is 0.353. The van der Waals surface area contributed by atoms with Gasteiger partial charge in [-0.1, -0.05) is 31.0 Å². The first kappa shape index (κ1) is 17.2. The standard InChI is InChI=1S/C17H21ClN4O/c1-4-5-8-22(3)17(23)15-10-16(20-11-19-15)21-13-7-6-12(2)14(18)9-13/h6-7,9-11H,4-5,8H2,1-3H3,(H,19,20,21). The van der Waals surface area contributed by atoms with Crippen molar-refractivity contribution >= 4 is 29.0 Å². The molecule has 1 N–H and O–H groups in total. The molecule has 1 amide bonds. The van der Waals surface area contributed by atoms with Gasteiger partial charge in [-0.3, -0.25) is 4.79 Å². The van der Waals surface area contributed by atoms with Crippen molar-refractivity contribution in [3.8, 4) is 0 Å². The van der Waals surface area contributed by atoms with Crippen LogP contribution in [0.3, 0.4) is 0 Å². The van der Waals surface area contributed by atoms with E-state index in [4.69, 9.17) is 11.6 Å². The van der Waals surface area contributed by atoms with Crippen LogP contribution in [0.15, 0.2) is 30.6 Å². The Balaban J connectivity index is 2.13. The monoisotopic (exact) mass is 332 g/mol. The maximum atomic E-state index is 12.3. The quantitative estimate of drug-likeness (QED) is 0.866. The average molecular weight is 333 g/mol. The summed E-state index contributed by atoms with van der Waals surface area (Å²) in [6, 6.07) is 7.32. The lowest BCUT2D eigenvalue weighted by molar-refractivity contribution is 0.0787. The lowest BCUT2D eigenvalue weighted by Crippen LogP contribution is -2.28. The van der Waals surface area contributed by atoms with E-state index in [0.717, 1.165) is 30.6 Å². The minimum atomic E-state index is -0.106. The molecule has 2 aromatic rings. The molecule has 1 heterocycles. The zero-order valence-corrected chi connectivity index (χ0v) is 14.4. The molecular formula is C17H21ClN4O. The van der Waals surface area contributed by atoms with Gasteiger partial charge in [-0.2, -0.15) is 0 Å². The Hall–Kier alpha value is -2.14. The fourth-order valence-electron chi connectivity index (χ4n) is 2.05. The van der Waals surface area contributed by atoms with E-state index < -0.39 is 0 Å². The molecule has 23 heavy (non-hydrogen) atoms. The molecule has 1 aromatic heterocycles. The first-order valence-electron chi connectivity index (χ1n) is 7.62. The lowest BCUT2D eigenvalue weighted by atomic mass is 10.2. The second-order valence-corrected chi connectivity index (χ2v) is 5.86. The second kappa shape index (κ2) is 7.92. The molecule has 0 aliphatic carbocycles. The van der Waals surface area contributed by atoms with E-state index in [0.29, 0.717) is 16.5 Å². The van der Waals surface area contributed by atoms with Crippen molar-refractivity contribution in [2.75, 3.05) is 18.9 Å². The number of aryl methyl sites for hydroxylation is 1. The SMILES string of the molecule is CCCCN(C)C(=O)c1cc(Nc2ccc(C)c(Cl)c2)ncn1. The number of rotatable bonds is 6. The van der Waals surface area contributed by atoms with Gasteiger partial charge in [0, 0.05) is 30.4 Å². The Kier molecular flexibility index (Phi) is 5.93. The van der Waals surface area contributed by atoms with Crippen molar-refractivity contribution in [2.24, 2.45) is 0 Å². The van der Waals surface area contributed by atoms with Crippen LogP contribution in [0.25, 0.3) is 0 Å². The number of nitrogens with zero attached hydrogens (tertiary/aromatic N) is 3. The van der Waals surface area contributed by atoms with Crippen molar-refractivity contribution in [3.63, 3.8) is 0 Å². The first-order valence-corrected chi connectivity index (χ1v) is 7.99. The largest absolute Gasteiger partial charge is 0.340 e. The third-order valence-corrected chi connectivity index (χ3v) is 3.93. The smallest absolute Gasteiger partial charge is 0.272 e. The molecule has 0 spiro atoms. The molecule has 0 unspecified atom stereocenters. The molecule has 0 fully saturated rings. The maximum absolute atomic E-state index is 12.3. The minimum absolute atomic E-state index is 0.106. The number of hydrogen-bond donors (Lipinski definition) is 1. The average Bonchev–Trinajstić information content (AvgIpc) is 2.55. The highest BCUT2D eigenvalue weighted by Gasteiger charge is 2.13. The molecule has 0 aliphatic heterocycles. The van der Waals surface area contributed by atoms with Crippen molar-refractivity contribution in [3.05, 3.63) is 46.9 Å². The third kappa shape index (κ3) is 4.66. The summed E-state index contributed by atoms with van der Waals surface area (Å²) in [6.45, 7) is 4.76. The molecule has 6 heteroatoms. The molecule has 5 nitrogen and oxygen atoms in total. The number of carbonyl (C=O) groups is 1. The number of nitrogens with one attached hydrogen (secondary N) is 1. The van der Waals surface area contributed by atoms with Crippen LogP contribution < -0.4 is 5.32 Å². The predicted octanol–water partition coefficient (Wildman–Crippen LogP) is 4.05. The fourth-order valence-corrected chi connectivity index (χ4v) is 2.23. The van der Waals surface area contributed by atoms with Crippen LogP contribution in [0.2, 0.25) is 5.02 Å². The number of carbonyl (C=O) groups excluding carboxylic acids is 1. The van der Waals surface area contributed by atoms with E-state index in [9.17, 15) is 4.79 Å². The minimum Gasteiger partial charge on any atom is -0.340 e. The number of benzene rings is 1. The highest BCUT2D eigenvalue weighted by Crippen LogP contribution is 2.22. The zero-order chi connectivity index (χ0) is 16.8. The highest BCUT2D eigenvalue weighted by atomic mass is 35.5. The van der Waals surface area contributed by atoms with Gasteiger partial charge in [-0.15, -0.1) is 0 Å². The maximum Gasteiger partial charge on any atom is 0.272 e. The van der Waals surface area contributed by atoms with Gasteiger partial charge in [-0.25, -0.2) is 9.97 Å². The molecular weight excluding hydrogens is 312 g/mol. The predicted molar refractivity (Wildman–Crippen MR) is 93.4 cm³/mol. The summed E-state index contributed by atoms with van der Waals surface area (Å²) >= 11 is 6.12. The summed E-state index contributed by atoms with van der Waals surface area (Å²) in [5, 5.41) is 3.82. The number of amides is 1. The molecule has 0 bridgehead atoms. The van der Waals surface area contributed by atoms with Crippen molar-refractivity contribution in [1.29, 1.82) is 0 Å². The van der Waals surface area contributed by atoms with Crippen LogP contribution in [-0.4, -0.2) is 34.4 Å². The van der Waals surface area contributed by atoms with Gasteiger partial charge in [0.15, 0.2) is 0 Å². The number of anilines is 2. The van der Waals surface area contributed by atoms with Gasteiger partial charge >= 0.3 is 0 Å². The molecule has 0 saturated carbocycles. The number of halogens is 1. The van der Waals surface area contributed by atoms with Crippen LogP contribution in [0.5, 0.6) is 0 Å².